The molecule has 1 aliphatic carbocycles. The second kappa shape index (κ2) is 6.62. The predicted molar refractivity (Wildman–Crippen MR) is 89.1 cm³/mol. The molecular weight excluding hydrogens is 260 g/mol. The molecule has 1 aliphatic rings. The first-order valence-corrected chi connectivity index (χ1v) is 8.04. The maximum absolute atomic E-state index is 2.27. The summed E-state index contributed by atoms with van der Waals surface area (Å²) in [7, 11) is 0. The Kier molecular flexibility index (Phi) is 4.39. The van der Waals surface area contributed by atoms with E-state index < -0.39 is 0 Å². The van der Waals surface area contributed by atoms with E-state index in [0.717, 1.165) is 5.75 Å². The van der Waals surface area contributed by atoms with E-state index in [9.17, 15) is 0 Å². The third-order valence-corrected chi connectivity index (χ3v) is 4.67. The monoisotopic (exact) mass is 278 g/mol. The van der Waals surface area contributed by atoms with Gasteiger partial charge in [-0.05, 0) is 30.0 Å². The molecule has 0 fully saturated rings. The number of hydrogen-bond acceptors (Lipinski definition) is 1. The van der Waals surface area contributed by atoms with Crippen molar-refractivity contribution in [2.24, 2.45) is 0 Å². The summed E-state index contributed by atoms with van der Waals surface area (Å²) >= 11 is 1.95. The average Bonchev–Trinajstić information content (AvgIpc) is 2.55. The van der Waals surface area contributed by atoms with E-state index in [1.54, 1.807) is 5.57 Å². The van der Waals surface area contributed by atoms with E-state index in [4.69, 9.17) is 0 Å². The predicted octanol–water partition coefficient (Wildman–Crippen LogP) is 5.72. The van der Waals surface area contributed by atoms with Crippen LogP contribution in [0.2, 0.25) is 0 Å². The molecule has 0 amide bonds. The lowest BCUT2D eigenvalue weighted by atomic mass is 10.1. The Labute approximate surface area is 125 Å². The van der Waals surface area contributed by atoms with Crippen molar-refractivity contribution in [2.75, 3.05) is 5.75 Å². The lowest BCUT2D eigenvalue weighted by molar-refractivity contribution is 0.966. The summed E-state index contributed by atoms with van der Waals surface area (Å²) in [6, 6.07) is 19.3. The molecule has 20 heavy (non-hydrogen) atoms. The lowest BCUT2D eigenvalue weighted by Gasteiger charge is -2.12. The summed E-state index contributed by atoms with van der Waals surface area (Å²) in [4.78, 5) is 1.37. The van der Waals surface area contributed by atoms with Crippen LogP contribution >= 0.6 is 11.8 Å². The van der Waals surface area contributed by atoms with Crippen LogP contribution in [0.1, 0.15) is 12.8 Å². The van der Waals surface area contributed by atoms with Crippen molar-refractivity contribution in [1.82, 2.24) is 0 Å². The van der Waals surface area contributed by atoms with Crippen LogP contribution in [0.15, 0.2) is 83.3 Å². The molecule has 0 nitrogen and oxygen atoms in total. The third kappa shape index (κ3) is 3.23. The largest absolute Gasteiger partial charge is 0.121 e. The first kappa shape index (κ1) is 13.3. The van der Waals surface area contributed by atoms with Gasteiger partial charge in [0.2, 0.25) is 0 Å². The molecule has 100 valence electrons. The summed E-state index contributed by atoms with van der Waals surface area (Å²) in [5.41, 5.74) is 4.18. The first-order valence-electron chi connectivity index (χ1n) is 7.05. The zero-order chi connectivity index (χ0) is 13.6. The molecule has 0 bridgehead atoms. The molecule has 0 saturated carbocycles. The number of thioether (sulfide) groups is 1. The van der Waals surface area contributed by atoms with Crippen molar-refractivity contribution in [2.45, 2.75) is 17.7 Å². The Morgan fingerprint density at radius 2 is 1.70 bits per heavy atom. The van der Waals surface area contributed by atoms with E-state index in [-0.39, 0.29) is 0 Å². The van der Waals surface area contributed by atoms with E-state index in [1.165, 1.54) is 28.9 Å². The molecule has 0 heterocycles. The van der Waals surface area contributed by atoms with E-state index in [1.807, 2.05) is 11.8 Å². The lowest BCUT2D eigenvalue weighted by Crippen LogP contribution is -1.91. The minimum absolute atomic E-state index is 1.09. The fourth-order valence-corrected chi connectivity index (χ4v) is 3.49. The van der Waals surface area contributed by atoms with Crippen LogP contribution in [0, 0.1) is 0 Å². The highest BCUT2D eigenvalue weighted by atomic mass is 32.2. The highest BCUT2D eigenvalue weighted by Gasteiger charge is 2.06. The van der Waals surface area contributed by atoms with Crippen molar-refractivity contribution in [3.63, 3.8) is 0 Å². The summed E-state index contributed by atoms with van der Waals surface area (Å²) in [6.07, 6.45) is 9.08. The maximum Gasteiger partial charge on any atom is 0.0194 e. The van der Waals surface area contributed by atoms with Gasteiger partial charge in [0.1, 0.15) is 0 Å². The molecule has 0 unspecified atom stereocenters. The van der Waals surface area contributed by atoms with Crippen LogP contribution in [0.4, 0.5) is 0 Å². The summed E-state index contributed by atoms with van der Waals surface area (Å²) in [5, 5.41) is 0. The summed E-state index contributed by atoms with van der Waals surface area (Å²) in [5.74, 6) is 1.09. The minimum atomic E-state index is 1.09. The van der Waals surface area contributed by atoms with E-state index in [2.05, 4.69) is 72.8 Å². The fraction of sp³-hybridized carbons (Fsp3) is 0.158. The molecule has 3 rings (SSSR count). The van der Waals surface area contributed by atoms with Crippen molar-refractivity contribution < 1.29 is 0 Å². The van der Waals surface area contributed by atoms with Crippen molar-refractivity contribution in [1.29, 1.82) is 0 Å². The quantitative estimate of drug-likeness (QED) is 0.644. The van der Waals surface area contributed by atoms with Crippen LogP contribution in [0.25, 0.3) is 11.1 Å². The SMILES string of the molecule is C1=CCCC(CSc2ccccc2-c2ccccc2)=C1. The molecule has 0 aromatic heterocycles. The van der Waals surface area contributed by atoms with Crippen LogP contribution in [-0.4, -0.2) is 5.75 Å². The molecule has 0 aliphatic heterocycles. The minimum Gasteiger partial charge on any atom is -0.121 e. The molecule has 0 radical (unpaired) electrons. The van der Waals surface area contributed by atoms with E-state index in [0.29, 0.717) is 0 Å². The molecular formula is C19H18S. The van der Waals surface area contributed by atoms with Gasteiger partial charge in [-0.1, -0.05) is 72.3 Å². The van der Waals surface area contributed by atoms with Crippen LogP contribution in [-0.2, 0) is 0 Å². The smallest absolute Gasteiger partial charge is 0.0194 e. The normalized spacial score (nSPS) is 14.1. The van der Waals surface area contributed by atoms with Gasteiger partial charge in [0.05, 0.1) is 0 Å². The number of rotatable bonds is 4. The van der Waals surface area contributed by atoms with E-state index >= 15 is 0 Å². The molecule has 0 N–H and O–H groups in total. The molecule has 1 heteroatoms. The summed E-state index contributed by atoms with van der Waals surface area (Å²) in [6.45, 7) is 0. The van der Waals surface area contributed by atoms with Gasteiger partial charge in [0, 0.05) is 10.6 Å². The Bertz CT molecular complexity index is 623. The zero-order valence-corrected chi connectivity index (χ0v) is 12.3. The Morgan fingerprint density at radius 1 is 0.900 bits per heavy atom. The topological polar surface area (TPSA) is 0 Å². The first-order chi connectivity index (χ1) is 9.93. The van der Waals surface area contributed by atoms with Crippen molar-refractivity contribution in [3.05, 3.63) is 78.4 Å². The highest BCUT2D eigenvalue weighted by Crippen LogP contribution is 2.33. The van der Waals surface area contributed by atoms with Gasteiger partial charge in [0.15, 0.2) is 0 Å². The van der Waals surface area contributed by atoms with Crippen molar-refractivity contribution in [3.8, 4) is 11.1 Å². The standard InChI is InChI=1S/C19H18S/c1-3-9-16(10-4-1)15-20-19-14-8-7-13-18(19)17-11-5-2-6-12-17/h1-3,5-9,11-14H,4,10,15H2. The Balaban J connectivity index is 1.80. The van der Waals surface area contributed by atoms with Crippen LogP contribution in [0.5, 0.6) is 0 Å². The molecule has 0 spiro atoms. The van der Waals surface area contributed by atoms with Crippen LogP contribution in [0.3, 0.4) is 0 Å². The number of allylic oxidation sites excluding steroid dienone is 3. The maximum atomic E-state index is 2.27. The van der Waals surface area contributed by atoms with Gasteiger partial charge >= 0.3 is 0 Å². The Morgan fingerprint density at radius 3 is 2.50 bits per heavy atom. The fourth-order valence-electron chi connectivity index (χ4n) is 2.39. The van der Waals surface area contributed by atoms with Gasteiger partial charge in [-0.15, -0.1) is 11.8 Å². The van der Waals surface area contributed by atoms with Gasteiger partial charge in [0.25, 0.3) is 0 Å². The Hall–Kier alpha value is -1.73. The third-order valence-electron chi connectivity index (χ3n) is 3.49. The second-order valence-corrected chi connectivity index (χ2v) is 5.96. The molecule has 0 atom stereocenters. The number of benzene rings is 2. The van der Waals surface area contributed by atoms with Gasteiger partial charge in [-0.2, -0.15) is 0 Å². The van der Waals surface area contributed by atoms with Gasteiger partial charge in [-0.25, -0.2) is 0 Å². The summed E-state index contributed by atoms with van der Waals surface area (Å²) < 4.78 is 0. The van der Waals surface area contributed by atoms with Crippen molar-refractivity contribution >= 4 is 11.8 Å². The molecule has 0 saturated heterocycles. The van der Waals surface area contributed by atoms with Crippen LogP contribution < -0.4 is 0 Å². The number of hydrogen-bond donors (Lipinski definition) is 0. The zero-order valence-electron chi connectivity index (χ0n) is 11.5. The molecule has 2 aromatic carbocycles. The average molecular weight is 278 g/mol. The van der Waals surface area contributed by atoms with Gasteiger partial charge in [-0.3, -0.25) is 0 Å². The second-order valence-electron chi connectivity index (χ2n) is 4.94. The van der Waals surface area contributed by atoms with Gasteiger partial charge < -0.3 is 0 Å². The highest BCUT2D eigenvalue weighted by molar-refractivity contribution is 7.99. The molecule has 2 aromatic rings.